The minimum Gasteiger partial charge on any atom is -0.496 e. The highest BCUT2D eigenvalue weighted by molar-refractivity contribution is 7.99. The van der Waals surface area contributed by atoms with Crippen LogP contribution in [0.4, 0.5) is 0 Å². The molecule has 0 atom stereocenters. The van der Waals surface area contributed by atoms with Gasteiger partial charge in [0.25, 0.3) is 0 Å². The smallest absolute Gasteiger partial charge is 0.197 e. The summed E-state index contributed by atoms with van der Waals surface area (Å²) < 4.78 is 16.4. The minimum absolute atomic E-state index is 0.137. The Hall–Kier alpha value is -2.40. The van der Waals surface area contributed by atoms with Gasteiger partial charge in [0, 0.05) is 23.1 Å². The molecule has 0 aliphatic heterocycles. The van der Waals surface area contributed by atoms with E-state index in [-0.39, 0.29) is 5.43 Å². The van der Waals surface area contributed by atoms with Gasteiger partial charge in [-0.15, -0.1) is 0 Å². The average molecular weight is 328 g/mol. The Morgan fingerprint density at radius 2 is 1.83 bits per heavy atom. The molecule has 3 rings (SSSR count). The summed E-state index contributed by atoms with van der Waals surface area (Å²) in [6, 6.07) is 12.8. The molecule has 4 nitrogen and oxygen atoms in total. The highest BCUT2D eigenvalue weighted by Crippen LogP contribution is 2.34. The van der Waals surface area contributed by atoms with Crippen molar-refractivity contribution in [3.63, 3.8) is 0 Å². The summed E-state index contributed by atoms with van der Waals surface area (Å²) in [4.78, 5) is 13.5. The Kier molecular flexibility index (Phi) is 4.30. The lowest BCUT2D eigenvalue weighted by Crippen LogP contribution is -2.03. The van der Waals surface area contributed by atoms with Crippen molar-refractivity contribution in [3.8, 4) is 11.5 Å². The summed E-state index contributed by atoms with van der Waals surface area (Å²) in [6.45, 7) is 2.02. The molecule has 0 N–H and O–H groups in total. The van der Waals surface area contributed by atoms with Gasteiger partial charge in [0.1, 0.15) is 22.5 Å². The molecule has 3 aromatic rings. The second kappa shape index (κ2) is 6.38. The molecule has 1 aromatic heterocycles. The van der Waals surface area contributed by atoms with E-state index in [1.165, 1.54) is 24.9 Å². The normalized spacial score (nSPS) is 10.7. The first-order valence-electron chi connectivity index (χ1n) is 7.05. The van der Waals surface area contributed by atoms with E-state index in [0.29, 0.717) is 27.6 Å². The summed E-state index contributed by atoms with van der Waals surface area (Å²) in [5, 5.41) is 0.953. The molecular formula is C18H16O4S. The second-order valence-electron chi connectivity index (χ2n) is 5.00. The van der Waals surface area contributed by atoms with Crippen molar-refractivity contribution >= 4 is 22.7 Å². The van der Waals surface area contributed by atoms with Crippen LogP contribution in [0.15, 0.2) is 61.7 Å². The van der Waals surface area contributed by atoms with Crippen molar-refractivity contribution in [1.82, 2.24) is 0 Å². The number of fused-ring (bicyclic) bond motifs is 1. The highest BCUT2D eigenvalue weighted by Gasteiger charge is 2.13. The Balaban J connectivity index is 2.14. The molecule has 0 unspecified atom stereocenters. The fourth-order valence-electron chi connectivity index (χ4n) is 2.31. The summed E-state index contributed by atoms with van der Waals surface area (Å²) in [7, 11) is 3.08. The van der Waals surface area contributed by atoms with Gasteiger partial charge in [-0.2, -0.15) is 0 Å². The third-order valence-electron chi connectivity index (χ3n) is 3.51. The van der Waals surface area contributed by atoms with Gasteiger partial charge in [-0.25, -0.2) is 0 Å². The average Bonchev–Trinajstić information content (AvgIpc) is 2.55. The van der Waals surface area contributed by atoms with Crippen LogP contribution >= 0.6 is 11.8 Å². The fraction of sp³-hybridized carbons (Fsp3) is 0.167. The van der Waals surface area contributed by atoms with Crippen LogP contribution in [0.25, 0.3) is 11.0 Å². The Morgan fingerprint density at radius 1 is 1.04 bits per heavy atom. The van der Waals surface area contributed by atoms with Crippen molar-refractivity contribution in [2.75, 3.05) is 14.2 Å². The predicted octanol–water partition coefficient (Wildman–Crippen LogP) is 4.27. The molecule has 0 bridgehead atoms. The molecule has 2 aromatic carbocycles. The van der Waals surface area contributed by atoms with Crippen LogP contribution in [-0.4, -0.2) is 14.2 Å². The second-order valence-corrected chi connectivity index (χ2v) is 6.05. The zero-order valence-corrected chi connectivity index (χ0v) is 13.9. The molecule has 118 valence electrons. The molecule has 0 aliphatic rings. The molecule has 1 heterocycles. The number of ether oxygens (including phenoxy) is 2. The van der Waals surface area contributed by atoms with Crippen LogP contribution in [-0.2, 0) is 0 Å². The lowest BCUT2D eigenvalue weighted by atomic mass is 10.2. The largest absolute Gasteiger partial charge is 0.496 e. The molecule has 0 spiro atoms. The molecule has 0 saturated heterocycles. The molecule has 0 amide bonds. The lowest BCUT2D eigenvalue weighted by Gasteiger charge is -2.09. The van der Waals surface area contributed by atoms with Crippen LogP contribution < -0.4 is 14.9 Å². The van der Waals surface area contributed by atoms with Crippen LogP contribution in [0.3, 0.4) is 0 Å². The predicted molar refractivity (Wildman–Crippen MR) is 90.9 cm³/mol. The number of methoxy groups -OCH3 is 2. The SMILES string of the molecule is COc1cc(OC)c2c(=O)cc(Sc3ccccc3C)oc2c1. The van der Waals surface area contributed by atoms with Crippen molar-refractivity contribution in [2.45, 2.75) is 16.9 Å². The van der Waals surface area contributed by atoms with Crippen molar-refractivity contribution in [3.05, 3.63) is 58.3 Å². The minimum atomic E-state index is -0.137. The van der Waals surface area contributed by atoms with Gasteiger partial charge in [0.2, 0.25) is 0 Å². The van der Waals surface area contributed by atoms with Crippen LogP contribution in [0.5, 0.6) is 11.5 Å². The molecule has 0 aliphatic carbocycles. The van der Waals surface area contributed by atoms with Crippen molar-refractivity contribution < 1.29 is 13.9 Å². The molecule has 0 radical (unpaired) electrons. The summed E-state index contributed by atoms with van der Waals surface area (Å²) in [5.74, 6) is 1.02. The van der Waals surface area contributed by atoms with E-state index in [4.69, 9.17) is 13.9 Å². The molecule has 0 saturated carbocycles. The van der Waals surface area contributed by atoms with E-state index in [0.717, 1.165) is 10.5 Å². The highest BCUT2D eigenvalue weighted by atomic mass is 32.2. The Morgan fingerprint density at radius 3 is 2.52 bits per heavy atom. The standard InChI is InChI=1S/C18H16O4S/c1-11-6-4-5-7-16(11)23-17-10-13(19)18-14(21-3)8-12(20-2)9-15(18)22-17/h4-10H,1-3H3. The molecule has 5 heteroatoms. The Labute approximate surface area is 138 Å². The van der Waals surface area contributed by atoms with Crippen LogP contribution in [0.1, 0.15) is 5.56 Å². The van der Waals surface area contributed by atoms with Gasteiger partial charge in [0.15, 0.2) is 10.5 Å². The third-order valence-corrected chi connectivity index (χ3v) is 4.59. The topological polar surface area (TPSA) is 48.7 Å². The number of rotatable bonds is 4. The van der Waals surface area contributed by atoms with Gasteiger partial charge in [-0.05, 0) is 18.6 Å². The van der Waals surface area contributed by atoms with Gasteiger partial charge in [-0.1, -0.05) is 30.0 Å². The van der Waals surface area contributed by atoms with E-state index in [1.54, 1.807) is 19.2 Å². The van der Waals surface area contributed by atoms with Gasteiger partial charge < -0.3 is 13.9 Å². The molecule has 23 heavy (non-hydrogen) atoms. The number of aryl methyl sites for hydroxylation is 1. The summed E-state index contributed by atoms with van der Waals surface area (Å²) >= 11 is 1.42. The van der Waals surface area contributed by atoms with Gasteiger partial charge >= 0.3 is 0 Å². The van der Waals surface area contributed by atoms with Gasteiger partial charge in [0.05, 0.1) is 14.2 Å². The van der Waals surface area contributed by atoms with Crippen molar-refractivity contribution in [1.29, 1.82) is 0 Å². The first-order chi connectivity index (χ1) is 11.1. The molecule has 0 fully saturated rings. The van der Waals surface area contributed by atoms with E-state index < -0.39 is 0 Å². The lowest BCUT2D eigenvalue weighted by molar-refractivity contribution is 0.394. The maximum Gasteiger partial charge on any atom is 0.197 e. The van der Waals surface area contributed by atoms with E-state index in [2.05, 4.69) is 0 Å². The first-order valence-corrected chi connectivity index (χ1v) is 7.87. The number of hydrogen-bond donors (Lipinski definition) is 0. The maximum absolute atomic E-state index is 12.5. The van der Waals surface area contributed by atoms with Crippen LogP contribution in [0, 0.1) is 6.92 Å². The van der Waals surface area contributed by atoms with Gasteiger partial charge in [-0.3, -0.25) is 4.79 Å². The zero-order valence-electron chi connectivity index (χ0n) is 13.1. The zero-order chi connectivity index (χ0) is 16.4. The third kappa shape index (κ3) is 3.05. The Bertz CT molecular complexity index is 915. The van der Waals surface area contributed by atoms with E-state index >= 15 is 0 Å². The number of benzene rings is 2. The number of hydrogen-bond acceptors (Lipinski definition) is 5. The quantitative estimate of drug-likeness (QED) is 0.716. The van der Waals surface area contributed by atoms with Crippen LogP contribution in [0.2, 0.25) is 0 Å². The maximum atomic E-state index is 12.5. The van der Waals surface area contributed by atoms with E-state index in [1.807, 2.05) is 31.2 Å². The fourth-order valence-corrected chi connectivity index (χ4v) is 3.20. The van der Waals surface area contributed by atoms with Crippen molar-refractivity contribution in [2.24, 2.45) is 0 Å². The first kappa shape index (κ1) is 15.5. The summed E-state index contributed by atoms with van der Waals surface area (Å²) in [6.07, 6.45) is 0. The van der Waals surface area contributed by atoms with E-state index in [9.17, 15) is 4.79 Å². The molecular weight excluding hydrogens is 312 g/mol. The summed E-state index contributed by atoms with van der Waals surface area (Å²) in [5.41, 5.74) is 1.44. The monoisotopic (exact) mass is 328 g/mol.